The third-order valence-electron chi connectivity index (χ3n) is 1.82. The van der Waals surface area contributed by atoms with Crippen molar-refractivity contribution in [2.75, 3.05) is 0 Å². The van der Waals surface area contributed by atoms with Crippen molar-refractivity contribution in [3.8, 4) is 0 Å². The molecule has 0 atom stereocenters. The Balaban J connectivity index is 3.17. The van der Waals surface area contributed by atoms with Crippen LogP contribution in [0, 0.1) is 0 Å². The summed E-state index contributed by atoms with van der Waals surface area (Å²) in [5.74, 6) is 0. The molecular formula is C13H22. The monoisotopic (exact) mass is 178 g/mol. The zero-order chi connectivity index (χ0) is 9.78. The first kappa shape index (κ1) is 12.2. The van der Waals surface area contributed by atoms with Crippen LogP contribution in [0.5, 0.6) is 0 Å². The maximum atomic E-state index is 2.28. The van der Waals surface area contributed by atoms with Crippen LogP contribution >= 0.6 is 0 Å². The van der Waals surface area contributed by atoms with E-state index in [0.29, 0.717) is 0 Å². The molecule has 0 bridgehead atoms. The molecule has 0 aromatic heterocycles. The summed E-state index contributed by atoms with van der Waals surface area (Å²) in [5.41, 5.74) is 0. The topological polar surface area (TPSA) is 0 Å². The van der Waals surface area contributed by atoms with Crippen molar-refractivity contribution in [1.82, 2.24) is 0 Å². The van der Waals surface area contributed by atoms with E-state index in [-0.39, 0.29) is 0 Å². The van der Waals surface area contributed by atoms with Crippen molar-refractivity contribution >= 4 is 0 Å². The van der Waals surface area contributed by atoms with Gasteiger partial charge >= 0.3 is 0 Å². The summed E-state index contributed by atoms with van der Waals surface area (Å²) < 4.78 is 0. The molecule has 0 fully saturated rings. The minimum Gasteiger partial charge on any atom is -0.0917 e. The molecule has 0 heteroatoms. The highest BCUT2D eigenvalue weighted by Gasteiger charge is 1.78. The van der Waals surface area contributed by atoms with Crippen LogP contribution in [0.25, 0.3) is 0 Å². The highest BCUT2D eigenvalue weighted by atomic mass is 13.8. The minimum absolute atomic E-state index is 1.09. The summed E-state index contributed by atoms with van der Waals surface area (Å²) in [4.78, 5) is 0. The van der Waals surface area contributed by atoms with Crippen LogP contribution in [0.1, 0.15) is 46.0 Å². The van der Waals surface area contributed by atoms with Gasteiger partial charge in [-0.3, -0.25) is 0 Å². The maximum absolute atomic E-state index is 2.28. The molecule has 0 aromatic rings. The Morgan fingerprint density at radius 2 is 1.54 bits per heavy atom. The number of rotatable bonds is 7. The van der Waals surface area contributed by atoms with Crippen LogP contribution in [0.4, 0.5) is 0 Å². The van der Waals surface area contributed by atoms with Gasteiger partial charge < -0.3 is 0 Å². The van der Waals surface area contributed by atoms with E-state index >= 15 is 0 Å². The first-order chi connectivity index (χ1) is 6.41. The van der Waals surface area contributed by atoms with Crippen molar-refractivity contribution in [3.05, 3.63) is 36.5 Å². The zero-order valence-electron chi connectivity index (χ0n) is 9.00. The maximum Gasteiger partial charge on any atom is -0.0169 e. The Hall–Kier alpha value is -0.780. The Labute approximate surface area is 83.0 Å². The second-order valence-corrected chi connectivity index (χ2v) is 3.09. The first-order valence-corrected chi connectivity index (χ1v) is 5.33. The lowest BCUT2D eigenvalue weighted by Gasteiger charge is -1.88. The average molecular weight is 178 g/mol. The van der Waals surface area contributed by atoms with E-state index < -0.39 is 0 Å². The molecule has 13 heavy (non-hydrogen) atoms. The van der Waals surface area contributed by atoms with Crippen LogP contribution in [0.2, 0.25) is 0 Å². The Morgan fingerprint density at radius 1 is 0.846 bits per heavy atom. The average Bonchev–Trinajstić information content (AvgIpc) is 2.16. The molecule has 0 nitrogen and oxygen atoms in total. The van der Waals surface area contributed by atoms with Gasteiger partial charge in [0, 0.05) is 0 Å². The zero-order valence-corrected chi connectivity index (χ0v) is 9.00. The summed E-state index contributed by atoms with van der Waals surface area (Å²) in [5, 5.41) is 0. The quantitative estimate of drug-likeness (QED) is 0.393. The van der Waals surface area contributed by atoms with Gasteiger partial charge in [-0.25, -0.2) is 0 Å². The fourth-order valence-electron chi connectivity index (χ4n) is 1.08. The molecule has 0 aliphatic rings. The molecule has 0 N–H and O–H groups in total. The molecule has 0 aliphatic heterocycles. The predicted molar refractivity (Wildman–Crippen MR) is 61.9 cm³/mol. The fourth-order valence-corrected chi connectivity index (χ4v) is 1.08. The molecule has 0 amide bonds. The largest absolute Gasteiger partial charge is 0.0917 e. The Kier molecular flexibility index (Phi) is 10.5. The molecule has 0 saturated heterocycles. The lowest BCUT2D eigenvalue weighted by Crippen LogP contribution is -1.68. The standard InChI is InChI=1S/C13H22/c1-3-5-7-9-11-13-12-10-8-6-4-2/h3,5-6,8,12-13H,4,7,9-11H2,1-2H3. The lowest BCUT2D eigenvalue weighted by molar-refractivity contribution is 0.865. The van der Waals surface area contributed by atoms with Gasteiger partial charge in [-0.2, -0.15) is 0 Å². The molecule has 0 spiro atoms. The predicted octanol–water partition coefficient (Wildman–Crippen LogP) is 4.65. The van der Waals surface area contributed by atoms with Crippen molar-refractivity contribution in [3.63, 3.8) is 0 Å². The van der Waals surface area contributed by atoms with Crippen molar-refractivity contribution in [2.45, 2.75) is 46.0 Å². The molecular weight excluding hydrogens is 156 g/mol. The second-order valence-electron chi connectivity index (χ2n) is 3.09. The number of hydrogen-bond donors (Lipinski definition) is 0. The van der Waals surface area contributed by atoms with Gasteiger partial charge in [0.15, 0.2) is 0 Å². The van der Waals surface area contributed by atoms with Crippen molar-refractivity contribution in [2.24, 2.45) is 0 Å². The normalized spacial score (nSPS) is 12.5. The van der Waals surface area contributed by atoms with Gasteiger partial charge in [0.05, 0.1) is 0 Å². The highest BCUT2D eigenvalue weighted by molar-refractivity contribution is 4.92. The van der Waals surface area contributed by atoms with Crippen LogP contribution in [-0.4, -0.2) is 0 Å². The Morgan fingerprint density at radius 3 is 2.23 bits per heavy atom. The van der Waals surface area contributed by atoms with Gasteiger partial charge in [0.2, 0.25) is 0 Å². The molecule has 0 heterocycles. The number of hydrogen-bond acceptors (Lipinski definition) is 0. The molecule has 0 unspecified atom stereocenters. The van der Waals surface area contributed by atoms with Crippen LogP contribution < -0.4 is 0 Å². The molecule has 0 saturated carbocycles. The number of allylic oxidation sites excluding steroid dienone is 6. The van der Waals surface area contributed by atoms with E-state index in [1.54, 1.807) is 0 Å². The highest BCUT2D eigenvalue weighted by Crippen LogP contribution is 1.99. The van der Waals surface area contributed by atoms with Crippen molar-refractivity contribution in [1.29, 1.82) is 0 Å². The van der Waals surface area contributed by atoms with Crippen LogP contribution in [0.15, 0.2) is 36.5 Å². The summed E-state index contributed by atoms with van der Waals surface area (Å²) >= 11 is 0. The fraction of sp³-hybridized carbons (Fsp3) is 0.538. The third-order valence-corrected chi connectivity index (χ3v) is 1.82. The van der Waals surface area contributed by atoms with Gasteiger partial charge in [-0.1, -0.05) is 43.4 Å². The van der Waals surface area contributed by atoms with E-state index in [0.717, 1.165) is 12.8 Å². The van der Waals surface area contributed by atoms with Crippen molar-refractivity contribution < 1.29 is 0 Å². The molecule has 0 rings (SSSR count). The summed E-state index contributed by atoms with van der Waals surface area (Å²) in [6, 6.07) is 0. The summed E-state index contributed by atoms with van der Waals surface area (Å²) in [6.45, 7) is 4.24. The molecule has 0 radical (unpaired) electrons. The SMILES string of the molecule is CC=CCCCC=CCC=CCC. The van der Waals surface area contributed by atoms with E-state index in [9.17, 15) is 0 Å². The number of unbranched alkanes of at least 4 members (excludes halogenated alkanes) is 2. The molecule has 74 valence electrons. The molecule has 0 aliphatic carbocycles. The smallest absolute Gasteiger partial charge is 0.0169 e. The van der Waals surface area contributed by atoms with Crippen LogP contribution in [0.3, 0.4) is 0 Å². The van der Waals surface area contributed by atoms with Gasteiger partial charge in [0.25, 0.3) is 0 Å². The van der Waals surface area contributed by atoms with Gasteiger partial charge in [0.1, 0.15) is 0 Å². The molecule has 0 aromatic carbocycles. The van der Waals surface area contributed by atoms with E-state index in [1.165, 1.54) is 19.3 Å². The third kappa shape index (κ3) is 11.2. The van der Waals surface area contributed by atoms with E-state index in [2.05, 4.69) is 50.3 Å². The van der Waals surface area contributed by atoms with E-state index in [1.807, 2.05) is 0 Å². The second kappa shape index (κ2) is 11.2. The summed E-state index contributed by atoms with van der Waals surface area (Å²) in [7, 11) is 0. The summed E-state index contributed by atoms with van der Waals surface area (Å²) in [6.07, 6.45) is 19.3. The lowest BCUT2D eigenvalue weighted by atomic mass is 10.2. The Bertz CT molecular complexity index is 161. The van der Waals surface area contributed by atoms with Gasteiger partial charge in [-0.15, -0.1) is 0 Å². The first-order valence-electron chi connectivity index (χ1n) is 5.33. The van der Waals surface area contributed by atoms with E-state index in [4.69, 9.17) is 0 Å². The van der Waals surface area contributed by atoms with Gasteiger partial charge in [-0.05, 0) is 39.0 Å². The minimum atomic E-state index is 1.09. The van der Waals surface area contributed by atoms with Crippen LogP contribution in [-0.2, 0) is 0 Å².